The van der Waals surface area contributed by atoms with Crippen molar-refractivity contribution in [1.29, 1.82) is 0 Å². The van der Waals surface area contributed by atoms with E-state index in [1.165, 1.54) is 18.4 Å². The van der Waals surface area contributed by atoms with E-state index in [1.807, 2.05) is 29.6 Å². The van der Waals surface area contributed by atoms with E-state index < -0.39 is 11.5 Å². The van der Waals surface area contributed by atoms with Gasteiger partial charge in [-0.2, -0.15) is 0 Å². The number of rotatable bonds is 4. The molecule has 1 unspecified atom stereocenters. The number of hydrogen-bond acceptors (Lipinski definition) is 5. The molecular formula is C21H19NO4S. The smallest absolute Gasteiger partial charge is 0.332 e. The van der Waals surface area contributed by atoms with Gasteiger partial charge in [0.15, 0.2) is 0 Å². The van der Waals surface area contributed by atoms with E-state index in [2.05, 4.69) is 0 Å². The Morgan fingerprint density at radius 3 is 2.63 bits per heavy atom. The summed E-state index contributed by atoms with van der Waals surface area (Å²) in [6.45, 7) is 0.478. The molecule has 0 aliphatic carbocycles. The molecule has 0 saturated carbocycles. The molecule has 0 spiro atoms. The van der Waals surface area contributed by atoms with Crippen LogP contribution in [0.25, 0.3) is 10.1 Å². The molecular weight excluding hydrogens is 362 g/mol. The van der Waals surface area contributed by atoms with Crippen molar-refractivity contribution < 1.29 is 19.4 Å². The highest BCUT2D eigenvalue weighted by Gasteiger charge is 2.54. The second-order valence-corrected chi connectivity index (χ2v) is 7.59. The maximum absolute atomic E-state index is 13.3. The molecule has 138 valence electrons. The van der Waals surface area contributed by atoms with Crippen molar-refractivity contribution in [3.63, 3.8) is 0 Å². The Morgan fingerprint density at radius 1 is 1.19 bits per heavy atom. The van der Waals surface area contributed by atoms with Crippen molar-refractivity contribution in [2.45, 2.75) is 18.4 Å². The molecule has 1 amide bonds. The van der Waals surface area contributed by atoms with Gasteiger partial charge >= 0.3 is 5.97 Å². The fourth-order valence-electron chi connectivity index (χ4n) is 3.71. The minimum atomic E-state index is -1.09. The Bertz CT molecular complexity index is 1030. The van der Waals surface area contributed by atoms with Crippen LogP contribution in [0.3, 0.4) is 0 Å². The van der Waals surface area contributed by atoms with Gasteiger partial charge in [0.05, 0.1) is 12.7 Å². The van der Waals surface area contributed by atoms with Crippen LogP contribution in [-0.4, -0.2) is 41.1 Å². The molecule has 1 aromatic heterocycles. The number of nitrogens with zero attached hydrogens (tertiary/aromatic N) is 1. The Morgan fingerprint density at radius 2 is 1.93 bits per heavy atom. The second-order valence-electron chi connectivity index (χ2n) is 6.68. The largest absolute Gasteiger partial charge is 0.508 e. The zero-order valence-corrected chi connectivity index (χ0v) is 15.7. The molecule has 1 aliphatic heterocycles. The third kappa shape index (κ3) is 2.77. The SMILES string of the molecule is COC(=O)C1(Cc2ccccc2O)CCN1C(=O)c1csc2ccccc12. The number of benzene rings is 2. The predicted octanol–water partition coefficient (Wildman–Crippen LogP) is 3.61. The molecule has 0 radical (unpaired) electrons. The fourth-order valence-corrected chi connectivity index (χ4v) is 4.65. The molecule has 1 saturated heterocycles. The number of ether oxygens (including phenoxy) is 1. The average Bonchev–Trinajstić information content (AvgIpc) is 3.10. The number of carbonyl (C=O) groups is 2. The molecule has 4 rings (SSSR count). The van der Waals surface area contributed by atoms with Crippen molar-refractivity contribution in [3.05, 3.63) is 65.0 Å². The van der Waals surface area contributed by atoms with Gasteiger partial charge in [-0.05, 0) is 24.1 Å². The first-order chi connectivity index (χ1) is 13.1. The van der Waals surface area contributed by atoms with Crippen LogP contribution in [0.15, 0.2) is 53.9 Å². The van der Waals surface area contributed by atoms with E-state index >= 15 is 0 Å². The molecule has 3 aromatic rings. The normalized spacial score (nSPS) is 18.9. The quantitative estimate of drug-likeness (QED) is 0.701. The third-order valence-electron chi connectivity index (χ3n) is 5.26. The number of likely N-dealkylation sites (tertiary alicyclic amines) is 1. The predicted molar refractivity (Wildman–Crippen MR) is 104 cm³/mol. The minimum absolute atomic E-state index is 0.112. The van der Waals surface area contributed by atoms with Crippen LogP contribution in [0.1, 0.15) is 22.3 Å². The molecule has 2 aromatic carbocycles. The van der Waals surface area contributed by atoms with E-state index in [1.54, 1.807) is 29.2 Å². The molecule has 1 atom stereocenters. The fraction of sp³-hybridized carbons (Fsp3) is 0.238. The highest BCUT2D eigenvalue weighted by atomic mass is 32.1. The molecule has 6 heteroatoms. The summed E-state index contributed by atoms with van der Waals surface area (Å²) < 4.78 is 6.08. The lowest BCUT2D eigenvalue weighted by atomic mass is 9.78. The van der Waals surface area contributed by atoms with Gasteiger partial charge in [-0.1, -0.05) is 36.4 Å². The number of esters is 1. The van der Waals surface area contributed by atoms with Crippen molar-refractivity contribution in [2.75, 3.05) is 13.7 Å². The van der Waals surface area contributed by atoms with E-state index in [4.69, 9.17) is 4.74 Å². The van der Waals surface area contributed by atoms with Crippen LogP contribution in [0.2, 0.25) is 0 Å². The molecule has 5 nitrogen and oxygen atoms in total. The molecule has 2 heterocycles. The highest BCUT2D eigenvalue weighted by Crippen LogP contribution is 2.39. The van der Waals surface area contributed by atoms with E-state index in [0.717, 1.165) is 10.1 Å². The zero-order chi connectivity index (χ0) is 19.0. The maximum Gasteiger partial charge on any atom is 0.332 e. The average molecular weight is 381 g/mol. The monoisotopic (exact) mass is 381 g/mol. The van der Waals surface area contributed by atoms with E-state index in [-0.39, 0.29) is 18.1 Å². The van der Waals surface area contributed by atoms with Crippen LogP contribution in [0.5, 0.6) is 5.75 Å². The van der Waals surface area contributed by atoms with Crippen molar-refractivity contribution in [1.82, 2.24) is 4.90 Å². The van der Waals surface area contributed by atoms with Gasteiger partial charge < -0.3 is 14.7 Å². The van der Waals surface area contributed by atoms with Gasteiger partial charge in [-0.25, -0.2) is 4.79 Å². The number of phenols is 1. The summed E-state index contributed by atoms with van der Waals surface area (Å²) in [5, 5.41) is 12.9. The number of carbonyl (C=O) groups excluding carboxylic acids is 2. The lowest BCUT2D eigenvalue weighted by Crippen LogP contribution is -2.68. The second kappa shape index (κ2) is 6.70. The van der Waals surface area contributed by atoms with Crippen LogP contribution >= 0.6 is 11.3 Å². The van der Waals surface area contributed by atoms with Crippen LogP contribution in [0, 0.1) is 0 Å². The summed E-state index contributed by atoms with van der Waals surface area (Å²) >= 11 is 1.51. The van der Waals surface area contributed by atoms with Crippen LogP contribution < -0.4 is 0 Å². The maximum atomic E-state index is 13.3. The summed E-state index contributed by atoms with van der Waals surface area (Å²) in [4.78, 5) is 27.5. The van der Waals surface area contributed by atoms with Crippen molar-refractivity contribution in [3.8, 4) is 5.75 Å². The first-order valence-corrected chi connectivity index (χ1v) is 9.58. The number of hydrogen-bond donors (Lipinski definition) is 1. The van der Waals surface area contributed by atoms with Gasteiger partial charge in [0, 0.05) is 28.4 Å². The molecule has 1 aliphatic rings. The number of phenolic OH excluding ortho intramolecular Hbond substituents is 1. The van der Waals surface area contributed by atoms with Gasteiger partial charge in [0.25, 0.3) is 5.91 Å². The van der Waals surface area contributed by atoms with E-state index in [9.17, 15) is 14.7 Å². The Hall–Kier alpha value is -2.86. The van der Waals surface area contributed by atoms with Gasteiger partial charge in [0.1, 0.15) is 11.3 Å². The summed E-state index contributed by atoms with van der Waals surface area (Å²) in [6.07, 6.45) is 0.724. The van der Waals surface area contributed by atoms with Crippen LogP contribution in [0.4, 0.5) is 0 Å². The molecule has 1 fully saturated rings. The number of fused-ring (bicyclic) bond motifs is 1. The lowest BCUT2D eigenvalue weighted by Gasteiger charge is -2.50. The van der Waals surface area contributed by atoms with Gasteiger partial charge in [-0.15, -0.1) is 11.3 Å². The Labute approximate surface area is 160 Å². The third-order valence-corrected chi connectivity index (χ3v) is 6.23. The lowest BCUT2D eigenvalue weighted by molar-refractivity contribution is -0.161. The Balaban J connectivity index is 1.72. The highest BCUT2D eigenvalue weighted by molar-refractivity contribution is 7.17. The van der Waals surface area contributed by atoms with Crippen LogP contribution in [-0.2, 0) is 16.0 Å². The van der Waals surface area contributed by atoms with Crippen molar-refractivity contribution in [2.24, 2.45) is 0 Å². The number of thiophene rings is 1. The summed E-state index contributed by atoms with van der Waals surface area (Å²) in [5.74, 6) is -0.523. The van der Waals surface area contributed by atoms with Crippen molar-refractivity contribution >= 4 is 33.3 Å². The van der Waals surface area contributed by atoms with Gasteiger partial charge in [0.2, 0.25) is 0 Å². The first-order valence-electron chi connectivity index (χ1n) is 8.70. The summed E-state index contributed by atoms with van der Waals surface area (Å²) in [7, 11) is 1.33. The van der Waals surface area contributed by atoms with E-state index in [0.29, 0.717) is 24.1 Å². The van der Waals surface area contributed by atoms with Gasteiger partial charge in [-0.3, -0.25) is 4.79 Å². The molecule has 0 bridgehead atoms. The molecule has 27 heavy (non-hydrogen) atoms. The standard InChI is InChI=1S/C21H19NO4S/c1-26-20(25)21(12-14-6-2-4-8-17(14)23)10-11-22(21)19(24)16-13-27-18-9-5-3-7-15(16)18/h2-9,13,23H,10-12H2,1H3. The number of methoxy groups -OCH3 is 1. The summed E-state index contributed by atoms with van der Waals surface area (Å²) in [5.41, 5.74) is 0.129. The summed E-state index contributed by atoms with van der Waals surface area (Å²) in [6, 6.07) is 14.6. The zero-order valence-electron chi connectivity index (χ0n) is 14.8. The number of aromatic hydroxyl groups is 1. The topological polar surface area (TPSA) is 66.8 Å². The number of para-hydroxylation sites is 1. The molecule has 1 N–H and O–H groups in total. The number of amides is 1. The Kier molecular flexibility index (Phi) is 4.36. The minimum Gasteiger partial charge on any atom is -0.508 e. The first kappa shape index (κ1) is 17.5.